The fourth-order valence-electron chi connectivity index (χ4n) is 1.98. The maximum Gasteiger partial charge on any atom is 0.543 e. The van der Waals surface area contributed by atoms with Crippen LogP contribution in [-0.2, 0) is 19.6 Å². The summed E-state index contributed by atoms with van der Waals surface area (Å²) in [6, 6.07) is 6.83. The van der Waals surface area contributed by atoms with Gasteiger partial charge in [0.25, 0.3) is 0 Å². The Balaban J connectivity index is 2.08. The van der Waals surface area contributed by atoms with Gasteiger partial charge in [0.15, 0.2) is 0 Å². The van der Waals surface area contributed by atoms with Crippen LogP contribution in [0.2, 0.25) is 0 Å². The maximum absolute atomic E-state index is 11.7. The van der Waals surface area contributed by atoms with Crippen LogP contribution < -0.4 is 0 Å². The van der Waals surface area contributed by atoms with Crippen LogP contribution in [-0.4, -0.2) is 18.7 Å². The summed E-state index contributed by atoms with van der Waals surface area (Å²) < 4.78 is 4.78. The quantitative estimate of drug-likeness (QED) is 0.273. The second-order valence-corrected chi connectivity index (χ2v) is 5.20. The van der Waals surface area contributed by atoms with Crippen molar-refractivity contribution in [2.24, 2.45) is 0 Å². The first-order valence-electron chi connectivity index (χ1n) is 7.93. The van der Waals surface area contributed by atoms with Crippen LogP contribution in [0.25, 0.3) is 0 Å². The van der Waals surface area contributed by atoms with Crippen molar-refractivity contribution < 1.29 is 29.1 Å². The van der Waals surface area contributed by atoms with Crippen molar-refractivity contribution in [1.29, 1.82) is 0 Å². The Labute approximate surface area is 136 Å². The lowest BCUT2D eigenvalue weighted by Gasteiger charge is -2.05. The molecule has 0 amide bonds. The van der Waals surface area contributed by atoms with E-state index in [9.17, 15) is 9.59 Å². The summed E-state index contributed by atoms with van der Waals surface area (Å²) >= 11 is 0. The van der Waals surface area contributed by atoms with E-state index in [0.29, 0.717) is 5.56 Å². The SMILES string of the molecule is CCCCCCCCOC(=O)OOOC(=O)c1ccccc1C. The molecule has 0 saturated carbocycles. The van der Waals surface area contributed by atoms with Crippen molar-refractivity contribution in [3.63, 3.8) is 0 Å². The van der Waals surface area contributed by atoms with Crippen LogP contribution >= 0.6 is 0 Å². The molecule has 0 aliphatic rings. The molecular weight excluding hydrogens is 300 g/mol. The third-order valence-corrected chi connectivity index (χ3v) is 3.29. The largest absolute Gasteiger partial charge is 0.543 e. The van der Waals surface area contributed by atoms with Crippen molar-refractivity contribution >= 4 is 12.1 Å². The van der Waals surface area contributed by atoms with Gasteiger partial charge >= 0.3 is 12.1 Å². The Morgan fingerprint density at radius 1 is 0.957 bits per heavy atom. The van der Waals surface area contributed by atoms with Crippen molar-refractivity contribution in [3.8, 4) is 0 Å². The first kappa shape index (κ1) is 19.0. The highest BCUT2D eigenvalue weighted by molar-refractivity contribution is 5.90. The lowest BCUT2D eigenvalue weighted by molar-refractivity contribution is -0.452. The molecule has 1 rings (SSSR count). The number of hydrogen-bond donors (Lipinski definition) is 0. The van der Waals surface area contributed by atoms with Gasteiger partial charge in [-0.2, -0.15) is 0 Å². The highest BCUT2D eigenvalue weighted by Crippen LogP contribution is 2.09. The molecule has 0 radical (unpaired) electrons. The predicted molar refractivity (Wildman–Crippen MR) is 83.5 cm³/mol. The molecule has 0 aliphatic carbocycles. The van der Waals surface area contributed by atoms with Gasteiger partial charge < -0.3 is 4.74 Å². The zero-order valence-corrected chi connectivity index (χ0v) is 13.7. The van der Waals surface area contributed by atoms with Crippen molar-refractivity contribution in [2.75, 3.05) is 6.61 Å². The lowest BCUT2D eigenvalue weighted by Crippen LogP contribution is -2.13. The maximum atomic E-state index is 11.7. The van der Waals surface area contributed by atoms with E-state index in [1.165, 1.54) is 19.3 Å². The van der Waals surface area contributed by atoms with Gasteiger partial charge in [0, 0.05) is 0 Å². The Kier molecular flexibility index (Phi) is 9.47. The molecule has 0 saturated heterocycles. The standard InChI is InChI=1S/C17H24O6/c1-3-4-5-6-7-10-13-20-17(19)22-23-21-16(18)15-12-9-8-11-14(15)2/h8-9,11-12H,3-7,10,13H2,1-2H3. The molecule has 0 fully saturated rings. The molecule has 0 unspecified atom stereocenters. The van der Waals surface area contributed by atoms with E-state index in [0.717, 1.165) is 24.8 Å². The monoisotopic (exact) mass is 324 g/mol. The molecule has 23 heavy (non-hydrogen) atoms. The average Bonchev–Trinajstić information content (AvgIpc) is 2.54. The number of aryl methyl sites for hydroxylation is 1. The molecular formula is C17H24O6. The van der Waals surface area contributed by atoms with Crippen LogP contribution in [0, 0.1) is 6.92 Å². The van der Waals surface area contributed by atoms with Gasteiger partial charge in [-0.1, -0.05) is 57.2 Å². The molecule has 0 N–H and O–H groups in total. The zero-order chi connectivity index (χ0) is 16.9. The van der Waals surface area contributed by atoms with E-state index in [1.54, 1.807) is 31.2 Å². The third-order valence-electron chi connectivity index (χ3n) is 3.29. The number of ether oxygens (including phenoxy) is 1. The number of rotatable bonds is 10. The summed E-state index contributed by atoms with van der Waals surface area (Å²) in [7, 11) is 0. The molecule has 0 spiro atoms. The minimum atomic E-state index is -1.03. The molecule has 1 aromatic carbocycles. The lowest BCUT2D eigenvalue weighted by atomic mass is 10.1. The molecule has 0 aliphatic heterocycles. The molecule has 6 heteroatoms. The van der Waals surface area contributed by atoms with E-state index < -0.39 is 12.1 Å². The molecule has 0 aromatic heterocycles. The summed E-state index contributed by atoms with van der Waals surface area (Å²) in [6.07, 6.45) is 5.47. The highest BCUT2D eigenvalue weighted by atomic mass is 17.5. The van der Waals surface area contributed by atoms with Gasteiger partial charge in [0.2, 0.25) is 0 Å². The Morgan fingerprint density at radius 3 is 2.39 bits per heavy atom. The second kappa shape index (κ2) is 11.5. The van der Waals surface area contributed by atoms with E-state index in [-0.39, 0.29) is 6.61 Å². The number of unbranched alkanes of at least 4 members (excludes halogenated alkanes) is 5. The Hall–Kier alpha value is -2.08. The molecule has 6 nitrogen and oxygen atoms in total. The Bertz CT molecular complexity index is 486. The fourth-order valence-corrected chi connectivity index (χ4v) is 1.98. The normalized spacial score (nSPS) is 10.2. The van der Waals surface area contributed by atoms with Crippen LogP contribution in [0.15, 0.2) is 24.3 Å². The van der Waals surface area contributed by atoms with Crippen molar-refractivity contribution in [1.82, 2.24) is 0 Å². The summed E-state index contributed by atoms with van der Waals surface area (Å²) in [4.78, 5) is 31.5. The van der Waals surface area contributed by atoms with Crippen LogP contribution in [0.5, 0.6) is 0 Å². The van der Waals surface area contributed by atoms with E-state index >= 15 is 0 Å². The van der Waals surface area contributed by atoms with Crippen LogP contribution in [0.1, 0.15) is 61.4 Å². The van der Waals surface area contributed by atoms with Crippen molar-refractivity contribution in [3.05, 3.63) is 35.4 Å². The molecule has 0 atom stereocenters. The van der Waals surface area contributed by atoms with Crippen LogP contribution in [0.3, 0.4) is 0 Å². The van der Waals surface area contributed by atoms with E-state index in [1.807, 2.05) is 0 Å². The number of benzene rings is 1. The van der Waals surface area contributed by atoms with Gasteiger partial charge in [-0.15, -0.1) is 0 Å². The van der Waals surface area contributed by atoms with Gasteiger partial charge in [0.1, 0.15) is 0 Å². The highest BCUT2D eigenvalue weighted by Gasteiger charge is 2.13. The zero-order valence-electron chi connectivity index (χ0n) is 13.7. The van der Waals surface area contributed by atoms with Crippen molar-refractivity contribution in [2.45, 2.75) is 52.4 Å². The summed E-state index contributed by atoms with van der Waals surface area (Å²) in [6.45, 7) is 4.16. The van der Waals surface area contributed by atoms with Gasteiger partial charge in [-0.25, -0.2) is 14.5 Å². The number of hydrogen-bond acceptors (Lipinski definition) is 6. The minimum Gasteiger partial charge on any atom is -0.432 e. The number of carbonyl (C=O) groups is 2. The summed E-state index contributed by atoms with van der Waals surface area (Å²) in [5.74, 6) is -0.744. The molecule has 0 heterocycles. The average molecular weight is 324 g/mol. The van der Waals surface area contributed by atoms with E-state index in [2.05, 4.69) is 21.7 Å². The fraction of sp³-hybridized carbons (Fsp3) is 0.529. The topological polar surface area (TPSA) is 71.1 Å². The number of carbonyl (C=O) groups excluding carboxylic acids is 2. The first-order chi connectivity index (χ1) is 11.1. The summed E-state index contributed by atoms with van der Waals surface area (Å²) in [5, 5.41) is 4.15. The van der Waals surface area contributed by atoms with Crippen LogP contribution in [0.4, 0.5) is 4.79 Å². The first-order valence-corrected chi connectivity index (χ1v) is 7.93. The predicted octanol–water partition coefficient (Wildman–Crippen LogP) is 4.51. The molecule has 0 bridgehead atoms. The van der Waals surface area contributed by atoms with Gasteiger partial charge in [-0.3, -0.25) is 4.89 Å². The third kappa shape index (κ3) is 8.21. The summed E-state index contributed by atoms with van der Waals surface area (Å²) in [5.41, 5.74) is 1.06. The smallest absolute Gasteiger partial charge is 0.432 e. The molecule has 128 valence electrons. The van der Waals surface area contributed by atoms with Gasteiger partial charge in [0.05, 0.1) is 17.2 Å². The second-order valence-electron chi connectivity index (χ2n) is 5.20. The van der Waals surface area contributed by atoms with Gasteiger partial charge in [-0.05, 0) is 25.0 Å². The van der Waals surface area contributed by atoms with E-state index in [4.69, 9.17) is 4.74 Å². The Morgan fingerprint density at radius 2 is 1.65 bits per heavy atom. The minimum absolute atomic E-state index is 0.250. The molecule has 1 aromatic rings.